The molecular formula is C16H24N2O3S. The molecule has 1 fully saturated rings. The van der Waals surface area contributed by atoms with E-state index >= 15 is 0 Å². The Morgan fingerprint density at radius 1 is 1.18 bits per heavy atom. The Kier molecular flexibility index (Phi) is 5.97. The van der Waals surface area contributed by atoms with E-state index in [-0.39, 0.29) is 12.6 Å². The number of rotatable bonds is 4. The number of aliphatic hydroxyl groups is 1. The van der Waals surface area contributed by atoms with Crippen LogP contribution in [0.25, 0.3) is 0 Å². The van der Waals surface area contributed by atoms with Crippen molar-refractivity contribution in [3.63, 3.8) is 0 Å². The minimum atomic E-state index is -1.03. The lowest BCUT2D eigenvalue weighted by Crippen LogP contribution is -2.44. The van der Waals surface area contributed by atoms with Gasteiger partial charge in [0.2, 0.25) is 0 Å². The molecule has 6 heteroatoms. The highest BCUT2D eigenvalue weighted by molar-refractivity contribution is 7.84. The smallest absolute Gasteiger partial charge is 0.319 e. The van der Waals surface area contributed by atoms with Crippen LogP contribution in [0.15, 0.2) is 29.2 Å². The van der Waals surface area contributed by atoms with Crippen molar-refractivity contribution in [2.75, 3.05) is 18.1 Å². The Balaban J connectivity index is 1.83. The van der Waals surface area contributed by atoms with E-state index < -0.39 is 16.4 Å². The van der Waals surface area contributed by atoms with E-state index in [1.807, 2.05) is 0 Å². The maximum absolute atomic E-state index is 11.9. The van der Waals surface area contributed by atoms with Crippen molar-refractivity contribution in [3.8, 4) is 0 Å². The molecule has 0 aromatic heterocycles. The average Bonchev–Trinajstić information content (AvgIpc) is 2.71. The Hall–Kier alpha value is -1.40. The summed E-state index contributed by atoms with van der Waals surface area (Å²) in [5.41, 5.74) is -0.142. The van der Waals surface area contributed by atoms with Crippen LogP contribution in [0.3, 0.4) is 0 Å². The molecule has 1 saturated carbocycles. The van der Waals surface area contributed by atoms with Gasteiger partial charge in [-0.15, -0.1) is 0 Å². The minimum absolute atomic E-state index is 0.274. The molecule has 1 aromatic carbocycles. The van der Waals surface area contributed by atoms with Gasteiger partial charge < -0.3 is 15.7 Å². The molecule has 22 heavy (non-hydrogen) atoms. The van der Waals surface area contributed by atoms with Crippen molar-refractivity contribution in [2.24, 2.45) is 0 Å². The summed E-state index contributed by atoms with van der Waals surface area (Å²) in [6.45, 7) is 0.274. The second kappa shape index (κ2) is 7.74. The summed E-state index contributed by atoms with van der Waals surface area (Å²) in [6, 6.07) is 6.56. The molecule has 0 saturated heterocycles. The Morgan fingerprint density at radius 2 is 1.77 bits per heavy atom. The zero-order valence-electron chi connectivity index (χ0n) is 12.9. The number of anilines is 1. The first-order chi connectivity index (χ1) is 10.5. The van der Waals surface area contributed by atoms with E-state index in [0.29, 0.717) is 5.69 Å². The molecule has 0 radical (unpaired) electrons. The van der Waals surface area contributed by atoms with Crippen molar-refractivity contribution in [1.82, 2.24) is 5.32 Å². The van der Waals surface area contributed by atoms with Crippen LogP contribution in [0.1, 0.15) is 38.5 Å². The molecule has 2 rings (SSSR count). The first kappa shape index (κ1) is 17.0. The predicted molar refractivity (Wildman–Crippen MR) is 88.4 cm³/mol. The lowest BCUT2D eigenvalue weighted by atomic mass is 9.95. The quantitative estimate of drug-likeness (QED) is 0.745. The van der Waals surface area contributed by atoms with Gasteiger partial charge in [-0.3, -0.25) is 4.21 Å². The second-order valence-corrected chi connectivity index (χ2v) is 7.30. The molecule has 0 spiro atoms. The van der Waals surface area contributed by atoms with Gasteiger partial charge in [-0.2, -0.15) is 0 Å². The summed E-state index contributed by atoms with van der Waals surface area (Å²) in [7, 11) is -1.03. The molecular weight excluding hydrogens is 300 g/mol. The first-order valence-electron chi connectivity index (χ1n) is 7.69. The van der Waals surface area contributed by atoms with Gasteiger partial charge in [0.15, 0.2) is 0 Å². The topological polar surface area (TPSA) is 78.4 Å². The third kappa shape index (κ3) is 5.10. The fourth-order valence-electron chi connectivity index (χ4n) is 2.71. The van der Waals surface area contributed by atoms with Gasteiger partial charge >= 0.3 is 6.03 Å². The van der Waals surface area contributed by atoms with Crippen molar-refractivity contribution >= 4 is 22.5 Å². The normalized spacial score (nSPS) is 19.0. The lowest BCUT2D eigenvalue weighted by Gasteiger charge is -2.26. The molecule has 3 N–H and O–H groups in total. The second-order valence-electron chi connectivity index (χ2n) is 5.92. The minimum Gasteiger partial charge on any atom is -0.388 e. The summed E-state index contributed by atoms with van der Waals surface area (Å²) in [6.07, 6.45) is 7.42. The highest BCUT2D eigenvalue weighted by Gasteiger charge is 2.28. The van der Waals surface area contributed by atoms with Crippen LogP contribution >= 0.6 is 0 Å². The van der Waals surface area contributed by atoms with Gasteiger partial charge in [0.25, 0.3) is 0 Å². The number of hydrogen-bond donors (Lipinski definition) is 3. The van der Waals surface area contributed by atoms with E-state index in [1.54, 1.807) is 30.5 Å². The van der Waals surface area contributed by atoms with Crippen LogP contribution in [0.5, 0.6) is 0 Å². The number of amides is 2. The lowest BCUT2D eigenvalue weighted by molar-refractivity contribution is 0.0281. The third-order valence-corrected chi connectivity index (χ3v) is 4.99. The summed E-state index contributed by atoms with van der Waals surface area (Å²) >= 11 is 0. The van der Waals surface area contributed by atoms with Crippen molar-refractivity contribution in [1.29, 1.82) is 0 Å². The summed E-state index contributed by atoms with van der Waals surface area (Å²) in [4.78, 5) is 12.6. The fourth-order valence-corrected chi connectivity index (χ4v) is 3.23. The molecule has 1 unspecified atom stereocenters. The zero-order valence-corrected chi connectivity index (χ0v) is 13.7. The third-order valence-electron chi connectivity index (χ3n) is 4.06. The first-order valence-corrected chi connectivity index (χ1v) is 9.25. The number of urea groups is 1. The molecule has 0 aliphatic heterocycles. The van der Waals surface area contributed by atoms with Gasteiger partial charge in [-0.05, 0) is 37.1 Å². The van der Waals surface area contributed by atoms with Crippen molar-refractivity contribution in [2.45, 2.75) is 49.0 Å². The van der Waals surface area contributed by atoms with Gasteiger partial charge in [-0.25, -0.2) is 4.79 Å². The van der Waals surface area contributed by atoms with E-state index in [2.05, 4.69) is 10.6 Å². The zero-order chi connectivity index (χ0) is 16.0. The molecule has 1 aliphatic rings. The standard InChI is InChI=1S/C16H24N2O3S/c1-22(21)14-8-6-13(7-9-14)18-15(19)17-12-16(20)10-4-2-3-5-11-16/h6-9,20H,2-5,10-12H2,1H3,(H2,17,18,19). The fraction of sp³-hybridized carbons (Fsp3) is 0.562. The molecule has 0 bridgehead atoms. The number of carbonyl (C=O) groups is 1. The van der Waals surface area contributed by atoms with Crippen LogP contribution in [-0.2, 0) is 10.8 Å². The highest BCUT2D eigenvalue weighted by atomic mass is 32.2. The molecule has 2 amide bonds. The SMILES string of the molecule is CS(=O)c1ccc(NC(=O)NCC2(O)CCCCCC2)cc1. The van der Waals surface area contributed by atoms with Crippen molar-refractivity contribution < 1.29 is 14.1 Å². The maximum Gasteiger partial charge on any atom is 0.319 e. The Morgan fingerprint density at radius 3 is 2.32 bits per heavy atom. The van der Waals surface area contributed by atoms with E-state index in [4.69, 9.17) is 0 Å². The largest absolute Gasteiger partial charge is 0.388 e. The summed E-state index contributed by atoms with van der Waals surface area (Å²) in [5, 5.41) is 16.0. The van der Waals surface area contributed by atoms with E-state index in [0.717, 1.165) is 43.4 Å². The molecule has 1 aliphatic carbocycles. The number of benzene rings is 1. The number of nitrogens with one attached hydrogen (secondary N) is 2. The molecule has 5 nitrogen and oxygen atoms in total. The van der Waals surface area contributed by atoms with Gasteiger partial charge in [-0.1, -0.05) is 25.7 Å². The number of hydrogen-bond acceptors (Lipinski definition) is 3. The van der Waals surface area contributed by atoms with E-state index in [9.17, 15) is 14.1 Å². The van der Waals surface area contributed by atoms with Crippen LogP contribution in [0, 0.1) is 0 Å². The van der Waals surface area contributed by atoms with E-state index in [1.165, 1.54) is 0 Å². The van der Waals surface area contributed by atoms with Gasteiger partial charge in [0.1, 0.15) is 0 Å². The highest BCUT2D eigenvalue weighted by Crippen LogP contribution is 2.26. The molecule has 1 aromatic rings. The van der Waals surface area contributed by atoms with Crippen LogP contribution < -0.4 is 10.6 Å². The molecule has 0 heterocycles. The Labute approximate surface area is 134 Å². The molecule has 122 valence electrons. The summed E-state index contributed by atoms with van der Waals surface area (Å²) < 4.78 is 11.3. The van der Waals surface area contributed by atoms with Crippen molar-refractivity contribution in [3.05, 3.63) is 24.3 Å². The predicted octanol–water partition coefficient (Wildman–Crippen LogP) is 2.63. The van der Waals surface area contributed by atoms with Crippen LogP contribution in [0.4, 0.5) is 10.5 Å². The summed E-state index contributed by atoms with van der Waals surface area (Å²) in [5.74, 6) is 0. The van der Waals surface area contributed by atoms with Crippen LogP contribution in [0.2, 0.25) is 0 Å². The average molecular weight is 324 g/mol. The maximum atomic E-state index is 11.9. The van der Waals surface area contributed by atoms with Crippen LogP contribution in [-0.4, -0.2) is 33.7 Å². The molecule has 1 atom stereocenters. The number of carbonyl (C=O) groups excluding carboxylic acids is 1. The van der Waals surface area contributed by atoms with Gasteiger partial charge in [0.05, 0.1) is 5.60 Å². The monoisotopic (exact) mass is 324 g/mol. The Bertz CT molecular complexity index is 523. The van der Waals surface area contributed by atoms with Gasteiger partial charge in [0, 0.05) is 34.2 Å².